The van der Waals surface area contributed by atoms with Gasteiger partial charge in [0.15, 0.2) is 0 Å². The molecule has 10 heteroatoms. The Balaban J connectivity index is 1.80. The third-order valence-electron chi connectivity index (χ3n) is 4.30. The minimum Gasteiger partial charge on any atom is -0.373 e. The first kappa shape index (κ1) is 23.7. The number of nitrogens with zero attached hydrogens (tertiary/aromatic N) is 1. The van der Waals surface area contributed by atoms with Crippen LogP contribution < -0.4 is 10.6 Å². The van der Waals surface area contributed by atoms with E-state index in [0.717, 1.165) is 4.90 Å². The summed E-state index contributed by atoms with van der Waals surface area (Å²) in [4.78, 5) is 24.2. The number of morpholine rings is 1. The molecule has 0 radical (unpaired) electrons. The van der Waals surface area contributed by atoms with Gasteiger partial charge < -0.3 is 15.4 Å². The Morgan fingerprint density at radius 1 is 1.21 bits per heavy atom. The monoisotopic (exact) mass is 443 g/mol. The molecule has 8 nitrogen and oxygen atoms in total. The van der Waals surface area contributed by atoms with E-state index in [4.69, 9.17) is 4.74 Å². The number of ether oxygens (including phenoxy) is 1. The van der Waals surface area contributed by atoms with Crippen molar-refractivity contribution >= 4 is 39.3 Å². The molecule has 0 aromatic heterocycles. The molecule has 1 aliphatic rings. The summed E-state index contributed by atoms with van der Waals surface area (Å²) >= 11 is 1.36. The van der Waals surface area contributed by atoms with Gasteiger partial charge in [0.2, 0.25) is 21.8 Å². The number of carbonyl (C=O) groups excluding carboxylic acids is 2. The summed E-state index contributed by atoms with van der Waals surface area (Å²) in [5.41, 5.74) is 0.691. The summed E-state index contributed by atoms with van der Waals surface area (Å²) in [6.45, 7) is 7.64. The highest BCUT2D eigenvalue weighted by Gasteiger charge is 2.30. The Labute approximate surface area is 176 Å². The zero-order chi connectivity index (χ0) is 21.6. The molecule has 2 rings (SSSR count). The highest BCUT2D eigenvalue weighted by molar-refractivity contribution is 8.00. The second-order valence-electron chi connectivity index (χ2n) is 7.15. The second kappa shape index (κ2) is 10.4. The van der Waals surface area contributed by atoms with Crippen LogP contribution >= 0.6 is 11.8 Å². The number of carbonyl (C=O) groups is 2. The molecule has 1 saturated heterocycles. The minimum absolute atomic E-state index is 0.0631. The Hall–Kier alpha value is -1.62. The zero-order valence-electron chi connectivity index (χ0n) is 17.2. The van der Waals surface area contributed by atoms with Crippen LogP contribution in [-0.4, -0.2) is 67.4 Å². The molecule has 2 N–H and O–H groups in total. The van der Waals surface area contributed by atoms with Crippen molar-refractivity contribution in [2.75, 3.05) is 30.7 Å². The Bertz CT molecular complexity index is 804. The molecule has 3 unspecified atom stereocenters. The topological polar surface area (TPSA) is 105 Å². The van der Waals surface area contributed by atoms with Crippen LogP contribution in [-0.2, 0) is 24.3 Å². The molecule has 162 valence electrons. The van der Waals surface area contributed by atoms with Crippen LogP contribution in [0.3, 0.4) is 0 Å². The average molecular weight is 444 g/mol. The summed E-state index contributed by atoms with van der Waals surface area (Å²) in [5, 5.41) is 5.01. The van der Waals surface area contributed by atoms with Gasteiger partial charge in [-0.05, 0) is 45.0 Å². The van der Waals surface area contributed by atoms with Gasteiger partial charge in [0.1, 0.15) is 0 Å². The Morgan fingerprint density at radius 2 is 1.79 bits per heavy atom. The Morgan fingerprint density at radius 3 is 2.34 bits per heavy atom. The third kappa shape index (κ3) is 7.61. The van der Waals surface area contributed by atoms with Crippen molar-refractivity contribution in [3.05, 3.63) is 24.3 Å². The zero-order valence-corrected chi connectivity index (χ0v) is 18.8. The van der Waals surface area contributed by atoms with Crippen LogP contribution in [0.1, 0.15) is 27.7 Å². The van der Waals surface area contributed by atoms with Gasteiger partial charge in [-0.15, -0.1) is 11.8 Å². The molecule has 1 aromatic carbocycles. The molecule has 0 aliphatic carbocycles. The van der Waals surface area contributed by atoms with Gasteiger partial charge in [0.25, 0.3) is 0 Å². The Kier molecular flexibility index (Phi) is 8.50. The van der Waals surface area contributed by atoms with Crippen LogP contribution in [0.5, 0.6) is 0 Å². The highest BCUT2D eigenvalue weighted by Crippen LogP contribution is 2.24. The summed E-state index contributed by atoms with van der Waals surface area (Å²) in [6, 6.07) is 7.19. The number of sulfonamides is 1. The number of thioether (sulfide) groups is 1. The lowest BCUT2D eigenvalue weighted by atomic mass is 10.3. The molecule has 1 aliphatic heterocycles. The van der Waals surface area contributed by atoms with E-state index in [-0.39, 0.29) is 41.6 Å². The van der Waals surface area contributed by atoms with E-state index >= 15 is 0 Å². The van der Waals surface area contributed by atoms with Crippen LogP contribution in [0.15, 0.2) is 29.2 Å². The molecule has 29 heavy (non-hydrogen) atoms. The molecule has 0 saturated carbocycles. The molecule has 2 amide bonds. The fourth-order valence-corrected chi connectivity index (χ4v) is 5.40. The molecule has 1 heterocycles. The van der Waals surface area contributed by atoms with E-state index in [9.17, 15) is 18.0 Å². The van der Waals surface area contributed by atoms with Crippen molar-refractivity contribution in [2.45, 2.75) is 50.0 Å². The normalized spacial score (nSPS) is 21.4. The maximum Gasteiger partial charge on any atom is 0.233 e. The molecular formula is C19H29N3O5S2. The summed E-state index contributed by atoms with van der Waals surface area (Å²) in [6.07, 6.45) is -0.284. The number of amides is 2. The third-order valence-corrected chi connectivity index (χ3v) is 7.21. The van der Waals surface area contributed by atoms with Gasteiger partial charge in [-0.3, -0.25) is 9.59 Å². The van der Waals surface area contributed by atoms with Gasteiger partial charge >= 0.3 is 0 Å². The van der Waals surface area contributed by atoms with Crippen LogP contribution in [0.2, 0.25) is 0 Å². The lowest BCUT2D eigenvalue weighted by Gasteiger charge is -2.34. The summed E-state index contributed by atoms with van der Waals surface area (Å²) in [7, 11) is -3.45. The van der Waals surface area contributed by atoms with E-state index < -0.39 is 10.0 Å². The standard InChI is InChI=1S/C19H29N3O5S2/c1-13-11-22(12-14(2)27-13)29(25,26)10-9-20-19(24)15(3)28-18-7-5-17(6-8-18)21-16(4)23/h5-8,13-15H,9-12H2,1-4H3,(H,20,24)(H,21,23). The first-order valence-corrected chi connectivity index (χ1v) is 12.0. The van der Waals surface area contributed by atoms with Crippen molar-refractivity contribution < 1.29 is 22.7 Å². The van der Waals surface area contributed by atoms with Crippen molar-refractivity contribution in [1.29, 1.82) is 0 Å². The fraction of sp³-hybridized carbons (Fsp3) is 0.579. The second-order valence-corrected chi connectivity index (χ2v) is 10.6. The predicted octanol–water partition coefficient (Wildman–Crippen LogP) is 1.68. The number of anilines is 1. The number of hydrogen-bond donors (Lipinski definition) is 2. The maximum atomic E-state index is 12.5. The minimum atomic E-state index is -3.45. The van der Waals surface area contributed by atoms with E-state index in [0.29, 0.717) is 18.8 Å². The fourth-order valence-electron chi connectivity index (χ4n) is 3.01. The van der Waals surface area contributed by atoms with E-state index in [1.807, 2.05) is 26.0 Å². The van der Waals surface area contributed by atoms with Crippen LogP contribution in [0, 0.1) is 0 Å². The molecule has 1 fully saturated rings. The molecule has 0 spiro atoms. The summed E-state index contributed by atoms with van der Waals surface area (Å²) in [5.74, 6) is -0.505. The van der Waals surface area contributed by atoms with Crippen LogP contribution in [0.25, 0.3) is 0 Å². The van der Waals surface area contributed by atoms with Gasteiger partial charge in [-0.25, -0.2) is 8.42 Å². The smallest absolute Gasteiger partial charge is 0.233 e. The van der Waals surface area contributed by atoms with Crippen LogP contribution in [0.4, 0.5) is 5.69 Å². The van der Waals surface area contributed by atoms with E-state index in [1.165, 1.54) is 23.0 Å². The summed E-state index contributed by atoms with van der Waals surface area (Å²) < 4.78 is 32.0. The number of rotatable bonds is 8. The van der Waals surface area contributed by atoms with E-state index in [2.05, 4.69) is 10.6 Å². The number of benzene rings is 1. The van der Waals surface area contributed by atoms with Crippen molar-refractivity contribution in [2.24, 2.45) is 0 Å². The maximum absolute atomic E-state index is 12.5. The first-order valence-electron chi connectivity index (χ1n) is 9.52. The van der Waals surface area contributed by atoms with Gasteiger partial charge in [0, 0.05) is 37.1 Å². The predicted molar refractivity (Wildman–Crippen MR) is 114 cm³/mol. The SMILES string of the molecule is CC(=O)Nc1ccc(SC(C)C(=O)NCCS(=O)(=O)N2CC(C)OC(C)C2)cc1. The molecule has 3 atom stereocenters. The molecule has 1 aromatic rings. The molecular weight excluding hydrogens is 414 g/mol. The van der Waals surface area contributed by atoms with Crippen molar-refractivity contribution in [3.8, 4) is 0 Å². The highest BCUT2D eigenvalue weighted by atomic mass is 32.2. The van der Waals surface area contributed by atoms with Gasteiger partial charge in [-0.2, -0.15) is 4.31 Å². The lowest BCUT2D eigenvalue weighted by Crippen LogP contribution is -2.49. The van der Waals surface area contributed by atoms with Crippen molar-refractivity contribution in [3.63, 3.8) is 0 Å². The quantitative estimate of drug-likeness (QED) is 0.593. The molecule has 0 bridgehead atoms. The number of hydrogen-bond acceptors (Lipinski definition) is 6. The van der Waals surface area contributed by atoms with E-state index in [1.54, 1.807) is 19.1 Å². The van der Waals surface area contributed by atoms with Crippen molar-refractivity contribution in [1.82, 2.24) is 9.62 Å². The average Bonchev–Trinajstić information content (AvgIpc) is 2.61. The largest absolute Gasteiger partial charge is 0.373 e. The van der Waals surface area contributed by atoms with Gasteiger partial charge in [0.05, 0.1) is 23.2 Å². The van der Waals surface area contributed by atoms with Gasteiger partial charge in [-0.1, -0.05) is 0 Å². The first-order chi connectivity index (χ1) is 13.6. The number of nitrogens with one attached hydrogen (secondary N) is 2. The lowest BCUT2D eigenvalue weighted by molar-refractivity contribution is -0.120.